The molecule has 23 heavy (non-hydrogen) atoms. The van der Waals surface area contributed by atoms with Crippen LogP contribution in [-0.4, -0.2) is 35.7 Å². The molecule has 1 aliphatic heterocycles. The molecule has 0 aliphatic carbocycles. The topological polar surface area (TPSA) is 46.3 Å². The molecule has 2 aromatic carbocycles. The van der Waals surface area contributed by atoms with Crippen LogP contribution in [0.2, 0.25) is 0 Å². The summed E-state index contributed by atoms with van der Waals surface area (Å²) in [4.78, 5) is 16.0. The quantitative estimate of drug-likeness (QED) is 0.888. The lowest BCUT2D eigenvalue weighted by atomic mass is 10.1. The molecule has 1 unspecified atom stereocenters. The minimum atomic E-state index is -0.00489. The van der Waals surface area contributed by atoms with E-state index in [0.29, 0.717) is 13.1 Å². The molecule has 1 heterocycles. The van der Waals surface area contributed by atoms with Crippen molar-refractivity contribution in [2.24, 2.45) is 5.73 Å². The molecule has 1 aliphatic rings. The fraction of sp³-hybridized carbons (Fsp3) is 0.316. The average Bonchev–Trinajstić information content (AvgIpc) is 3.03. The van der Waals surface area contributed by atoms with E-state index in [1.165, 1.54) is 16.0 Å². The fourth-order valence-corrected chi connectivity index (χ4v) is 4.20. The number of benzene rings is 2. The second kappa shape index (κ2) is 7.66. The highest BCUT2D eigenvalue weighted by Gasteiger charge is 2.30. The Balaban J connectivity index is 1.63. The van der Waals surface area contributed by atoms with E-state index >= 15 is 0 Å². The van der Waals surface area contributed by atoms with Crippen LogP contribution in [0.25, 0.3) is 0 Å². The summed E-state index contributed by atoms with van der Waals surface area (Å²) in [5, 5.41) is -0.00489. The van der Waals surface area contributed by atoms with Gasteiger partial charge < -0.3 is 10.6 Å². The van der Waals surface area contributed by atoms with Crippen LogP contribution in [0.15, 0.2) is 59.5 Å². The summed E-state index contributed by atoms with van der Waals surface area (Å²) in [6.07, 6.45) is 1.70. The van der Waals surface area contributed by atoms with Gasteiger partial charge in [-0.05, 0) is 30.0 Å². The Morgan fingerprint density at radius 3 is 2.57 bits per heavy atom. The highest BCUT2D eigenvalue weighted by atomic mass is 32.2. The Labute approximate surface area is 141 Å². The van der Waals surface area contributed by atoms with Crippen LogP contribution < -0.4 is 5.73 Å². The highest BCUT2D eigenvalue weighted by Crippen LogP contribution is 2.37. The van der Waals surface area contributed by atoms with Gasteiger partial charge in [0.15, 0.2) is 0 Å². The van der Waals surface area contributed by atoms with Crippen LogP contribution in [0.1, 0.15) is 11.1 Å². The third-order valence-electron chi connectivity index (χ3n) is 4.15. The molecule has 2 N–H and O–H groups in total. The minimum absolute atomic E-state index is 0.00489. The molecule has 0 bridgehead atoms. The van der Waals surface area contributed by atoms with Crippen LogP contribution in [0.5, 0.6) is 0 Å². The van der Waals surface area contributed by atoms with Crippen LogP contribution in [0.3, 0.4) is 0 Å². The van der Waals surface area contributed by atoms with Crippen molar-refractivity contribution in [3.8, 4) is 0 Å². The minimum Gasteiger partial charge on any atom is -0.340 e. The zero-order chi connectivity index (χ0) is 16.1. The first-order chi connectivity index (χ1) is 11.3. The van der Waals surface area contributed by atoms with Gasteiger partial charge in [-0.15, -0.1) is 11.8 Å². The Morgan fingerprint density at radius 2 is 1.83 bits per heavy atom. The van der Waals surface area contributed by atoms with Crippen molar-refractivity contribution in [3.05, 3.63) is 65.7 Å². The molecule has 0 saturated heterocycles. The second-order valence-electron chi connectivity index (χ2n) is 5.77. The maximum atomic E-state index is 12.9. The Morgan fingerprint density at radius 1 is 1.09 bits per heavy atom. The van der Waals surface area contributed by atoms with E-state index in [0.717, 1.165) is 19.4 Å². The van der Waals surface area contributed by atoms with E-state index < -0.39 is 0 Å². The summed E-state index contributed by atoms with van der Waals surface area (Å²) in [6, 6.07) is 18.6. The Bertz CT molecular complexity index is 634. The zero-order valence-corrected chi connectivity index (χ0v) is 14.0. The number of fused-ring (bicyclic) bond motifs is 1. The van der Waals surface area contributed by atoms with Gasteiger partial charge in [0.1, 0.15) is 0 Å². The van der Waals surface area contributed by atoms with Gasteiger partial charge in [-0.3, -0.25) is 4.79 Å². The Hall–Kier alpha value is -1.78. The van der Waals surface area contributed by atoms with Crippen molar-refractivity contribution in [3.63, 3.8) is 0 Å². The number of carbonyl (C=O) groups excluding carboxylic acids is 1. The van der Waals surface area contributed by atoms with Gasteiger partial charge in [0, 0.05) is 24.5 Å². The summed E-state index contributed by atoms with van der Waals surface area (Å²) < 4.78 is 0. The number of nitrogens with zero attached hydrogens (tertiary/aromatic N) is 1. The maximum Gasteiger partial charge on any atom is 0.236 e. The molecule has 3 rings (SSSR count). The first-order valence-corrected chi connectivity index (χ1v) is 8.93. The lowest BCUT2D eigenvalue weighted by molar-refractivity contribution is -0.130. The van der Waals surface area contributed by atoms with Gasteiger partial charge in [-0.1, -0.05) is 48.5 Å². The predicted octanol–water partition coefficient (Wildman–Crippen LogP) is 2.73. The predicted molar refractivity (Wildman–Crippen MR) is 95.6 cm³/mol. The van der Waals surface area contributed by atoms with Crippen molar-refractivity contribution in [2.45, 2.75) is 23.0 Å². The fourth-order valence-electron chi connectivity index (χ4n) is 2.92. The number of hydrogen-bond donors (Lipinski definition) is 1. The van der Waals surface area contributed by atoms with Gasteiger partial charge in [-0.25, -0.2) is 0 Å². The van der Waals surface area contributed by atoms with Crippen molar-refractivity contribution in [1.29, 1.82) is 0 Å². The van der Waals surface area contributed by atoms with Crippen LogP contribution in [0.4, 0.5) is 0 Å². The number of thioether (sulfide) groups is 1. The van der Waals surface area contributed by atoms with Crippen molar-refractivity contribution in [2.75, 3.05) is 19.6 Å². The summed E-state index contributed by atoms with van der Waals surface area (Å²) in [5.41, 5.74) is 8.26. The van der Waals surface area contributed by atoms with Crippen molar-refractivity contribution < 1.29 is 4.79 Å². The lowest BCUT2D eigenvalue weighted by Crippen LogP contribution is -2.41. The van der Waals surface area contributed by atoms with Crippen LogP contribution >= 0.6 is 11.8 Å². The molecule has 1 atom stereocenters. The van der Waals surface area contributed by atoms with Crippen LogP contribution in [0, 0.1) is 0 Å². The van der Waals surface area contributed by atoms with Gasteiger partial charge in [0.05, 0.1) is 5.25 Å². The molecule has 0 saturated carbocycles. The van der Waals surface area contributed by atoms with Gasteiger partial charge in [-0.2, -0.15) is 0 Å². The van der Waals surface area contributed by atoms with E-state index in [4.69, 9.17) is 5.73 Å². The molecule has 2 aromatic rings. The average molecular weight is 326 g/mol. The van der Waals surface area contributed by atoms with Gasteiger partial charge in [0.25, 0.3) is 0 Å². The van der Waals surface area contributed by atoms with Gasteiger partial charge in [0.2, 0.25) is 5.91 Å². The van der Waals surface area contributed by atoms with E-state index in [2.05, 4.69) is 24.3 Å². The molecular formula is C19H22N2OS. The van der Waals surface area contributed by atoms with E-state index in [9.17, 15) is 4.79 Å². The first-order valence-electron chi connectivity index (χ1n) is 8.05. The zero-order valence-electron chi connectivity index (χ0n) is 13.2. The third-order valence-corrected chi connectivity index (χ3v) is 5.45. The third kappa shape index (κ3) is 3.95. The first kappa shape index (κ1) is 16.1. The molecular weight excluding hydrogens is 304 g/mol. The SMILES string of the molecule is NCCN(CCc1ccccc1)C(=O)C1Cc2ccccc2S1. The van der Waals surface area contributed by atoms with Gasteiger partial charge >= 0.3 is 0 Å². The molecule has 0 radical (unpaired) electrons. The monoisotopic (exact) mass is 326 g/mol. The van der Waals surface area contributed by atoms with E-state index in [-0.39, 0.29) is 11.2 Å². The summed E-state index contributed by atoms with van der Waals surface area (Å²) >= 11 is 1.69. The molecule has 0 aromatic heterocycles. The largest absolute Gasteiger partial charge is 0.340 e. The normalized spacial score (nSPS) is 16.1. The summed E-state index contributed by atoms with van der Waals surface area (Å²) in [6.45, 7) is 1.86. The second-order valence-corrected chi connectivity index (χ2v) is 7.01. The molecule has 1 amide bonds. The summed E-state index contributed by atoms with van der Waals surface area (Å²) in [5.74, 6) is 0.215. The maximum absolute atomic E-state index is 12.9. The van der Waals surface area contributed by atoms with Crippen LogP contribution in [-0.2, 0) is 17.6 Å². The van der Waals surface area contributed by atoms with Crippen molar-refractivity contribution >= 4 is 17.7 Å². The number of rotatable bonds is 6. The van der Waals surface area contributed by atoms with Crippen molar-refractivity contribution in [1.82, 2.24) is 4.90 Å². The number of amides is 1. The highest BCUT2D eigenvalue weighted by molar-refractivity contribution is 8.01. The standard InChI is InChI=1S/C19H22N2OS/c20-11-13-21(12-10-15-6-2-1-3-7-15)19(22)18-14-16-8-4-5-9-17(16)23-18/h1-9,18H,10-14,20H2. The molecule has 4 heteroatoms. The van der Waals surface area contributed by atoms with E-state index in [1.807, 2.05) is 35.2 Å². The molecule has 0 spiro atoms. The number of carbonyl (C=O) groups is 1. The summed E-state index contributed by atoms with van der Waals surface area (Å²) in [7, 11) is 0. The number of hydrogen-bond acceptors (Lipinski definition) is 3. The molecule has 3 nitrogen and oxygen atoms in total. The molecule has 0 fully saturated rings. The molecule has 120 valence electrons. The van der Waals surface area contributed by atoms with E-state index in [1.54, 1.807) is 11.8 Å². The number of nitrogens with two attached hydrogens (primary N) is 1. The lowest BCUT2D eigenvalue weighted by Gasteiger charge is -2.25. The smallest absolute Gasteiger partial charge is 0.236 e. The Kier molecular flexibility index (Phi) is 5.36.